The summed E-state index contributed by atoms with van der Waals surface area (Å²) in [6.45, 7) is -2.12. The van der Waals surface area contributed by atoms with Gasteiger partial charge < -0.3 is 28.4 Å². The molecule has 16 fully saturated rings. The first-order valence-corrected chi connectivity index (χ1v) is 22.9. The standard InChI is InChI=1S/C46H64O8/c47-39(49-41(51-43-15-27-3-28(16-43)5-29(4-27)17-43)52-44-18-30-6-31(19-44)8-32(7-30)20-44)1-2-40(48)50-42(53-45-21-33-9-34(22-45)11-35(10-33)23-45)54-46-24-36-12-37(25-46)14-38(13-36)26-46/h1-2,27-38,41-42H,3-26H2/b2-1+. The Balaban J connectivity index is 0.756. The molecule has 0 N–H and O–H groups in total. The van der Waals surface area contributed by atoms with Crippen LogP contribution in [0, 0.1) is 71.0 Å². The van der Waals surface area contributed by atoms with Crippen molar-refractivity contribution in [1.82, 2.24) is 0 Å². The van der Waals surface area contributed by atoms with Crippen molar-refractivity contribution in [3.8, 4) is 0 Å². The Bertz CT molecular complexity index is 1200. The van der Waals surface area contributed by atoms with E-state index in [1.807, 2.05) is 0 Å². The molecule has 0 atom stereocenters. The van der Waals surface area contributed by atoms with E-state index in [4.69, 9.17) is 28.4 Å². The number of hydrogen-bond acceptors (Lipinski definition) is 8. The molecule has 0 spiro atoms. The lowest BCUT2D eigenvalue weighted by Gasteiger charge is -2.58. The van der Waals surface area contributed by atoms with E-state index in [0.717, 1.165) is 77.0 Å². The first-order chi connectivity index (χ1) is 26.1. The Kier molecular flexibility index (Phi) is 8.00. The predicted molar refractivity (Wildman–Crippen MR) is 197 cm³/mol. The molecule has 0 aromatic rings. The van der Waals surface area contributed by atoms with Gasteiger partial charge in [0.25, 0.3) is 0 Å². The zero-order valence-corrected chi connectivity index (χ0v) is 32.5. The number of carbonyl (C=O) groups is 2. The van der Waals surface area contributed by atoms with Gasteiger partial charge in [0.2, 0.25) is 0 Å². The summed E-state index contributed by atoms with van der Waals surface area (Å²) in [4.78, 5) is 27.3. The predicted octanol–water partition coefficient (Wildman–Crippen LogP) is 9.14. The van der Waals surface area contributed by atoms with Crippen molar-refractivity contribution < 1.29 is 38.0 Å². The van der Waals surface area contributed by atoms with Gasteiger partial charge in [-0.25, -0.2) is 9.59 Å². The second-order valence-electron chi connectivity index (χ2n) is 22.7. The van der Waals surface area contributed by atoms with Gasteiger partial charge in [-0.15, -0.1) is 0 Å². The molecular formula is C46H64O8. The Morgan fingerprint density at radius 3 is 0.667 bits per heavy atom. The summed E-state index contributed by atoms with van der Waals surface area (Å²) in [6, 6.07) is 0. The second-order valence-corrected chi connectivity index (χ2v) is 22.7. The van der Waals surface area contributed by atoms with E-state index in [-0.39, 0.29) is 22.4 Å². The van der Waals surface area contributed by atoms with Crippen LogP contribution in [-0.4, -0.2) is 47.3 Å². The monoisotopic (exact) mass is 744 g/mol. The first kappa shape index (κ1) is 34.6. The summed E-state index contributed by atoms with van der Waals surface area (Å²) in [5, 5.41) is 0. The van der Waals surface area contributed by atoms with E-state index in [1.54, 1.807) is 0 Å². The van der Waals surface area contributed by atoms with Gasteiger partial charge in [-0.2, -0.15) is 0 Å². The maximum Gasteiger partial charge on any atom is 0.335 e. The van der Waals surface area contributed by atoms with E-state index >= 15 is 0 Å². The van der Waals surface area contributed by atoms with Gasteiger partial charge in [-0.1, -0.05) is 0 Å². The van der Waals surface area contributed by atoms with Crippen LogP contribution in [0.5, 0.6) is 0 Å². The van der Waals surface area contributed by atoms with Crippen molar-refractivity contribution in [1.29, 1.82) is 0 Å². The number of esters is 2. The smallest absolute Gasteiger partial charge is 0.335 e. The van der Waals surface area contributed by atoms with Crippen LogP contribution < -0.4 is 0 Å². The third kappa shape index (κ3) is 6.36. The molecular weight excluding hydrogens is 680 g/mol. The molecule has 0 heterocycles. The SMILES string of the molecule is O=C(/C=C/C(=O)OC(OC12CC3CC(CC(C3)C1)C2)OC12CC3CC(CC(C3)C1)C2)OC(OC12CC3CC(CC(C3)C1)C2)OC12CC3CC(CC(C3)C1)C2. The molecule has 54 heavy (non-hydrogen) atoms. The van der Waals surface area contributed by atoms with Gasteiger partial charge in [0.15, 0.2) is 0 Å². The highest BCUT2D eigenvalue weighted by molar-refractivity contribution is 5.91. The van der Waals surface area contributed by atoms with Gasteiger partial charge in [0.05, 0.1) is 22.4 Å². The average molecular weight is 745 g/mol. The molecule has 16 rings (SSSR count). The molecule has 0 amide bonds. The first-order valence-electron chi connectivity index (χ1n) is 22.9. The largest absolute Gasteiger partial charge is 0.407 e. The van der Waals surface area contributed by atoms with Crippen LogP contribution in [0.15, 0.2) is 12.2 Å². The summed E-state index contributed by atoms with van der Waals surface area (Å²) in [6.07, 6.45) is 30.6. The lowest BCUT2D eigenvalue weighted by molar-refractivity contribution is -0.375. The zero-order chi connectivity index (χ0) is 35.9. The van der Waals surface area contributed by atoms with Crippen LogP contribution in [0.2, 0.25) is 0 Å². The normalized spacial score (nSPS) is 53.4. The minimum atomic E-state index is -1.06. The molecule has 0 saturated heterocycles. The Labute approximate surface area is 321 Å². The van der Waals surface area contributed by atoms with E-state index in [2.05, 4.69) is 0 Å². The van der Waals surface area contributed by atoms with Crippen LogP contribution in [0.25, 0.3) is 0 Å². The summed E-state index contributed by atoms with van der Waals surface area (Å²) in [5.74, 6) is 7.22. The highest BCUT2D eigenvalue weighted by Crippen LogP contribution is 2.62. The molecule has 16 saturated carbocycles. The van der Waals surface area contributed by atoms with Crippen LogP contribution in [-0.2, 0) is 38.0 Å². The van der Waals surface area contributed by atoms with E-state index < -0.39 is 24.9 Å². The van der Waals surface area contributed by atoms with Crippen molar-refractivity contribution in [2.75, 3.05) is 0 Å². The third-order valence-electron chi connectivity index (χ3n) is 18.1. The lowest BCUT2D eigenvalue weighted by atomic mass is 9.54. The molecule has 16 aliphatic rings. The van der Waals surface area contributed by atoms with Gasteiger partial charge in [0, 0.05) is 12.2 Å². The van der Waals surface area contributed by atoms with Crippen molar-refractivity contribution in [2.45, 2.75) is 189 Å². The molecule has 0 radical (unpaired) electrons. The quantitative estimate of drug-likeness (QED) is 0.111. The van der Waals surface area contributed by atoms with Crippen molar-refractivity contribution in [3.05, 3.63) is 12.2 Å². The Morgan fingerprint density at radius 1 is 0.333 bits per heavy atom. The molecule has 8 nitrogen and oxygen atoms in total. The molecule has 0 aromatic heterocycles. The highest BCUT2D eigenvalue weighted by atomic mass is 16.9. The number of ether oxygens (including phenoxy) is 6. The zero-order valence-electron chi connectivity index (χ0n) is 32.5. The fourth-order valence-electron chi connectivity index (χ4n) is 18.1. The van der Waals surface area contributed by atoms with Crippen LogP contribution in [0.3, 0.4) is 0 Å². The summed E-state index contributed by atoms with van der Waals surface area (Å²) in [7, 11) is 0. The number of rotatable bonds is 12. The topological polar surface area (TPSA) is 89.5 Å². The Morgan fingerprint density at radius 2 is 0.500 bits per heavy atom. The van der Waals surface area contributed by atoms with Gasteiger partial charge >= 0.3 is 24.9 Å². The molecule has 0 aliphatic heterocycles. The van der Waals surface area contributed by atoms with E-state index in [1.165, 1.54) is 89.2 Å². The highest BCUT2D eigenvalue weighted by Gasteiger charge is 2.58. The van der Waals surface area contributed by atoms with Crippen LogP contribution in [0.1, 0.15) is 154 Å². The van der Waals surface area contributed by atoms with Crippen LogP contribution >= 0.6 is 0 Å². The minimum absolute atomic E-state index is 0.277. The fraction of sp³-hybridized carbons (Fsp3) is 0.913. The van der Waals surface area contributed by atoms with Crippen molar-refractivity contribution in [2.24, 2.45) is 71.0 Å². The van der Waals surface area contributed by atoms with Gasteiger partial charge in [-0.05, 0) is 225 Å². The molecule has 296 valence electrons. The lowest BCUT2D eigenvalue weighted by Crippen LogP contribution is -2.57. The third-order valence-corrected chi connectivity index (χ3v) is 18.1. The maximum absolute atomic E-state index is 13.7. The van der Waals surface area contributed by atoms with Gasteiger partial charge in [0.1, 0.15) is 0 Å². The van der Waals surface area contributed by atoms with Crippen molar-refractivity contribution >= 4 is 11.9 Å². The summed E-state index contributed by atoms with van der Waals surface area (Å²) >= 11 is 0. The Hall–Kier alpha value is -1.48. The summed E-state index contributed by atoms with van der Waals surface area (Å²) < 4.78 is 40.0. The molecule has 8 heteroatoms. The average Bonchev–Trinajstić information content (AvgIpc) is 3.04. The number of carbonyl (C=O) groups excluding carboxylic acids is 2. The molecule has 0 aromatic carbocycles. The van der Waals surface area contributed by atoms with E-state index in [0.29, 0.717) is 71.0 Å². The fourth-order valence-corrected chi connectivity index (χ4v) is 18.1. The minimum Gasteiger partial charge on any atom is -0.407 e. The molecule has 0 unspecified atom stereocenters. The van der Waals surface area contributed by atoms with Crippen LogP contribution in [0.4, 0.5) is 0 Å². The maximum atomic E-state index is 13.7. The van der Waals surface area contributed by atoms with E-state index in [9.17, 15) is 9.59 Å². The summed E-state index contributed by atoms with van der Waals surface area (Å²) in [5.41, 5.74) is -1.11. The second kappa shape index (κ2) is 12.5. The van der Waals surface area contributed by atoms with Gasteiger partial charge in [-0.3, -0.25) is 0 Å². The number of hydrogen-bond donors (Lipinski definition) is 0. The van der Waals surface area contributed by atoms with Crippen molar-refractivity contribution in [3.63, 3.8) is 0 Å². The molecule has 16 bridgehead atoms. The molecule has 16 aliphatic carbocycles.